The highest BCUT2D eigenvalue weighted by atomic mass is 19.4. The summed E-state index contributed by atoms with van der Waals surface area (Å²) in [6.45, 7) is 3.14. The first kappa shape index (κ1) is 17.5. The number of carbonyl (C=O) groups is 2. The number of alkyl halides is 3. The van der Waals surface area contributed by atoms with E-state index in [1.165, 1.54) is 25.1 Å². The molecule has 0 unspecified atom stereocenters. The van der Waals surface area contributed by atoms with Gasteiger partial charge in [0, 0.05) is 23.9 Å². The van der Waals surface area contributed by atoms with Gasteiger partial charge in [0.1, 0.15) is 0 Å². The van der Waals surface area contributed by atoms with Crippen molar-refractivity contribution in [1.29, 1.82) is 0 Å². The Morgan fingerprint density at radius 1 is 0.958 bits per heavy atom. The van der Waals surface area contributed by atoms with Crippen LogP contribution in [0, 0.1) is 6.92 Å². The Kier molecular flexibility index (Phi) is 4.92. The third kappa shape index (κ3) is 4.34. The van der Waals surface area contributed by atoms with Gasteiger partial charge in [0.05, 0.1) is 5.56 Å². The number of halogens is 3. The van der Waals surface area contributed by atoms with E-state index < -0.39 is 17.6 Å². The maximum Gasteiger partial charge on any atom is 0.416 e. The van der Waals surface area contributed by atoms with E-state index in [9.17, 15) is 22.8 Å². The van der Waals surface area contributed by atoms with Gasteiger partial charge >= 0.3 is 6.18 Å². The van der Waals surface area contributed by atoms with Crippen LogP contribution < -0.4 is 10.6 Å². The van der Waals surface area contributed by atoms with Crippen molar-refractivity contribution in [3.8, 4) is 0 Å². The second-order valence-corrected chi connectivity index (χ2v) is 5.24. The van der Waals surface area contributed by atoms with Crippen molar-refractivity contribution in [3.05, 3.63) is 59.2 Å². The number of anilines is 2. The number of amides is 2. The van der Waals surface area contributed by atoms with Gasteiger partial charge in [0.15, 0.2) is 0 Å². The zero-order valence-corrected chi connectivity index (χ0v) is 13.0. The standard InChI is InChI=1S/C17H15F3N2O2/c1-10-3-4-12(9-15(10)21-11(2)23)16(24)22-14-7-5-13(6-8-14)17(18,19)20/h3-9H,1-2H3,(H,21,23)(H,22,24). The molecule has 126 valence electrons. The summed E-state index contributed by atoms with van der Waals surface area (Å²) in [5.74, 6) is -0.750. The molecular formula is C17H15F3N2O2. The average molecular weight is 336 g/mol. The molecule has 2 amide bonds. The van der Waals surface area contributed by atoms with Gasteiger partial charge in [0.2, 0.25) is 5.91 Å². The molecule has 0 radical (unpaired) electrons. The number of rotatable bonds is 3. The fourth-order valence-electron chi connectivity index (χ4n) is 2.03. The van der Waals surface area contributed by atoms with Crippen LogP contribution in [0.2, 0.25) is 0 Å². The van der Waals surface area contributed by atoms with E-state index in [2.05, 4.69) is 10.6 Å². The van der Waals surface area contributed by atoms with Crippen molar-refractivity contribution < 1.29 is 22.8 Å². The first-order chi connectivity index (χ1) is 11.2. The maximum absolute atomic E-state index is 12.5. The van der Waals surface area contributed by atoms with Crippen molar-refractivity contribution in [2.45, 2.75) is 20.0 Å². The minimum atomic E-state index is -4.42. The van der Waals surface area contributed by atoms with Gasteiger partial charge in [-0.25, -0.2) is 0 Å². The molecule has 0 aliphatic heterocycles. The largest absolute Gasteiger partial charge is 0.416 e. The Labute approximate surface area is 136 Å². The number of nitrogens with one attached hydrogen (secondary N) is 2. The SMILES string of the molecule is CC(=O)Nc1cc(C(=O)Nc2ccc(C(F)(F)F)cc2)ccc1C. The third-order valence-corrected chi connectivity index (χ3v) is 3.28. The van der Waals surface area contributed by atoms with E-state index in [-0.39, 0.29) is 17.2 Å². The van der Waals surface area contributed by atoms with Crippen LogP contribution in [-0.4, -0.2) is 11.8 Å². The van der Waals surface area contributed by atoms with Crippen molar-refractivity contribution in [3.63, 3.8) is 0 Å². The summed E-state index contributed by atoms with van der Waals surface area (Å²) < 4.78 is 37.5. The third-order valence-electron chi connectivity index (χ3n) is 3.28. The summed E-state index contributed by atoms with van der Waals surface area (Å²) in [5, 5.41) is 5.13. The average Bonchev–Trinajstić information content (AvgIpc) is 2.48. The molecule has 2 N–H and O–H groups in total. The van der Waals surface area contributed by atoms with E-state index in [0.29, 0.717) is 5.69 Å². The summed E-state index contributed by atoms with van der Waals surface area (Å²) in [7, 11) is 0. The molecule has 0 aromatic heterocycles. The lowest BCUT2D eigenvalue weighted by Crippen LogP contribution is -2.14. The Balaban J connectivity index is 2.16. The first-order valence-electron chi connectivity index (χ1n) is 7.03. The Hall–Kier alpha value is -2.83. The maximum atomic E-state index is 12.5. The lowest BCUT2D eigenvalue weighted by molar-refractivity contribution is -0.137. The van der Waals surface area contributed by atoms with Crippen molar-refractivity contribution >= 4 is 23.2 Å². The van der Waals surface area contributed by atoms with Crippen LogP contribution in [0.25, 0.3) is 0 Å². The highest BCUT2D eigenvalue weighted by molar-refractivity contribution is 6.05. The molecule has 4 nitrogen and oxygen atoms in total. The molecule has 2 aromatic carbocycles. The monoisotopic (exact) mass is 336 g/mol. The van der Waals surface area contributed by atoms with Crippen LogP contribution >= 0.6 is 0 Å². The summed E-state index contributed by atoms with van der Waals surface area (Å²) in [5.41, 5.74) is 1.03. The van der Waals surface area contributed by atoms with E-state index in [4.69, 9.17) is 0 Å². The molecule has 7 heteroatoms. The fraction of sp³-hybridized carbons (Fsp3) is 0.176. The second-order valence-electron chi connectivity index (χ2n) is 5.24. The Bertz CT molecular complexity index is 768. The van der Waals surface area contributed by atoms with Gasteiger partial charge < -0.3 is 10.6 Å². The van der Waals surface area contributed by atoms with Gasteiger partial charge in [-0.3, -0.25) is 9.59 Å². The molecule has 0 spiro atoms. The van der Waals surface area contributed by atoms with Crippen LogP contribution in [0.15, 0.2) is 42.5 Å². The van der Waals surface area contributed by atoms with Crippen LogP contribution in [0.1, 0.15) is 28.4 Å². The lowest BCUT2D eigenvalue weighted by atomic mass is 10.1. The van der Waals surface area contributed by atoms with Gasteiger partial charge in [-0.15, -0.1) is 0 Å². The molecule has 0 saturated heterocycles. The van der Waals surface area contributed by atoms with E-state index >= 15 is 0 Å². The molecule has 0 saturated carbocycles. The van der Waals surface area contributed by atoms with Crippen LogP contribution in [0.5, 0.6) is 0 Å². The molecule has 0 atom stereocenters. The van der Waals surface area contributed by atoms with Crippen LogP contribution in [0.4, 0.5) is 24.5 Å². The Morgan fingerprint density at radius 3 is 2.12 bits per heavy atom. The molecule has 0 heterocycles. The minimum Gasteiger partial charge on any atom is -0.326 e. The normalized spacial score (nSPS) is 11.0. The number of hydrogen-bond acceptors (Lipinski definition) is 2. The highest BCUT2D eigenvalue weighted by Crippen LogP contribution is 2.30. The Morgan fingerprint density at radius 2 is 1.58 bits per heavy atom. The highest BCUT2D eigenvalue weighted by Gasteiger charge is 2.30. The minimum absolute atomic E-state index is 0.245. The zero-order valence-electron chi connectivity index (χ0n) is 13.0. The number of benzene rings is 2. The molecule has 0 bridgehead atoms. The number of aryl methyl sites for hydroxylation is 1. The van der Waals surface area contributed by atoms with Crippen molar-refractivity contribution in [2.75, 3.05) is 10.6 Å². The zero-order chi connectivity index (χ0) is 17.9. The molecule has 2 rings (SSSR count). The summed E-state index contributed by atoms with van der Waals surface area (Å²) in [6, 6.07) is 8.91. The molecule has 0 fully saturated rings. The molecule has 2 aromatic rings. The smallest absolute Gasteiger partial charge is 0.326 e. The van der Waals surface area contributed by atoms with Crippen LogP contribution in [0.3, 0.4) is 0 Å². The predicted octanol–water partition coefficient (Wildman–Crippen LogP) is 4.22. The molecular weight excluding hydrogens is 321 g/mol. The lowest BCUT2D eigenvalue weighted by Gasteiger charge is -2.11. The van der Waals surface area contributed by atoms with E-state index in [1.807, 2.05) is 0 Å². The topological polar surface area (TPSA) is 58.2 Å². The van der Waals surface area contributed by atoms with Crippen LogP contribution in [-0.2, 0) is 11.0 Å². The van der Waals surface area contributed by atoms with E-state index in [1.54, 1.807) is 19.1 Å². The molecule has 0 aliphatic rings. The van der Waals surface area contributed by atoms with Gasteiger partial charge in [-0.1, -0.05) is 6.07 Å². The predicted molar refractivity (Wildman–Crippen MR) is 84.9 cm³/mol. The van der Waals surface area contributed by atoms with Gasteiger partial charge in [0.25, 0.3) is 5.91 Å². The second kappa shape index (κ2) is 6.74. The number of hydrogen-bond donors (Lipinski definition) is 2. The van der Waals surface area contributed by atoms with Gasteiger partial charge in [-0.2, -0.15) is 13.2 Å². The fourth-order valence-corrected chi connectivity index (χ4v) is 2.03. The number of carbonyl (C=O) groups excluding carboxylic acids is 2. The van der Waals surface area contributed by atoms with Crippen molar-refractivity contribution in [1.82, 2.24) is 0 Å². The summed E-state index contributed by atoms with van der Waals surface area (Å²) >= 11 is 0. The quantitative estimate of drug-likeness (QED) is 0.881. The van der Waals surface area contributed by atoms with Gasteiger partial charge in [-0.05, 0) is 48.9 Å². The summed E-state index contributed by atoms with van der Waals surface area (Å²) in [4.78, 5) is 23.3. The summed E-state index contributed by atoms with van der Waals surface area (Å²) in [6.07, 6.45) is -4.42. The molecule has 0 aliphatic carbocycles. The van der Waals surface area contributed by atoms with Crippen molar-refractivity contribution in [2.24, 2.45) is 0 Å². The van der Waals surface area contributed by atoms with E-state index in [0.717, 1.165) is 17.7 Å². The first-order valence-corrected chi connectivity index (χ1v) is 7.03. The molecule has 24 heavy (non-hydrogen) atoms.